The highest BCUT2D eigenvalue weighted by Crippen LogP contribution is 2.28. The van der Waals surface area contributed by atoms with Crippen molar-refractivity contribution in [1.29, 1.82) is 0 Å². The minimum Gasteiger partial charge on any atom is -0.465 e. The lowest BCUT2D eigenvalue weighted by Crippen LogP contribution is -2.50. The monoisotopic (exact) mass is 352 g/mol. The number of rotatable bonds is 5. The van der Waals surface area contributed by atoms with Crippen LogP contribution in [0.15, 0.2) is 18.2 Å². The van der Waals surface area contributed by atoms with Gasteiger partial charge in [0, 0.05) is 32.1 Å². The molecule has 2 rings (SSSR count). The summed E-state index contributed by atoms with van der Waals surface area (Å²) in [6.07, 6.45) is 1.76. The molecule has 0 aliphatic carbocycles. The van der Waals surface area contributed by atoms with Crippen LogP contribution in [0.25, 0.3) is 0 Å². The number of piperazine rings is 1. The highest BCUT2D eigenvalue weighted by atomic mass is 35.5. The van der Waals surface area contributed by atoms with Gasteiger partial charge in [-0.15, -0.1) is 0 Å². The Hall–Kier alpha value is -1.75. The number of benzene rings is 1. The van der Waals surface area contributed by atoms with Gasteiger partial charge in [-0.1, -0.05) is 25.4 Å². The second-order valence-electron chi connectivity index (χ2n) is 5.98. The summed E-state index contributed by atoms with van der Waals surface area (Å²) in [5, 5.41) is 0.599. The van der Waals surface area contributed by atoms with E-state index in [9.17, 15) is 9.59 Å². The van der Waals surface area contributed by atoms with E-state index < -0.39 is 0 Å². The summed E-state index contributed by atoms with van der Waals surface area (Å²) < 4.78 is 4.76. The molecule has 0 bridgehead atoms. The van der Waals surface area contributed by atoms with Crippen LogP contribution >= 0.6 is 11.6 Å². The number of nitrogens with zero attached hydrogens (tertiary/aromatic N) is 2. The Morgan fingerprint density at radius 1 is 1.17 bits per heavy atom. The predicted molar refractivity (Wildman–Crippen MR) is 95.7 cm³/mol. The number of amides is 1. The number of halogens is 1. The van der Waals surface area contributed by atoms with Crippen LogP contribution < -0.4 is 4.90 Å². The molecule has 5 nitrogen and oxygen atoms in total. The number of hydrogen-bond donors (Lipinski definition) is 0. The van der Waals surface area contributed by atoms with Gasteiger partial charge in [-0.3, -0.25) is 4.79 Å². The molecule has 1 aliphatic rings. The van der Waals surface area contributed by atoms with Crippen molar-refractivity contribution in [1.82, 2.24) is 4.90 Å². The summed E-state index contributed by atoms with van der Waals surface area (Å²) >= 11 is 6.30. The standard InChI is InChI=1S/C18H25ClN2O3/c1-4-13(5-2)17(22)21-10-8-20(9-11-21)16-12-14(18(23)24-3)6-7-15(16)19/h6-7,12-13H,4-5,8-11H2,1-3H3. The van der Waals surface area contributed by atoms with Gasteiger partial charge in [0.25, 0.3) is 0 Å². The summed E-state index contributed by atoms with van der Waals surface area (Å²) in [6, 6.07) is 5.13. The van der Waals surface area contributed by atoms with Crippen molar-refractivity contribution in [2.75, 3.05) is 38.2 Å². The van der Waals surface area contributed by atoms with E-state index in [0.717, 1.165) is 18.5 Å². The van der Waals surface area contributed by atoms with Crippen LogP contribution in [0.2, 0.25) is 5.02 Å². The van der Waals surface area contributed by atoms with Gasteiger partial charge in [-0.2, -0.15) is 0 Å². The van der Waals surface area contributed by atoms with Crippen LogP contribution in [-0.2, 0) is 9.53 Å². The van der Waals surface area contributed by atoms with E-state index in [1.54, 1.807) is 18.2 Å². The molecular formula is C18H25ClN2O3. The van der Waals surface area contributed by atoms with Crippen molar-refractivity contribution in [2.24, 2.45) is 5.92 Å². The molecule has 0 unspecified atom stereocenters. The van der Waals surface area contributed by atoms with Gasteiger partial charge in [0.15, 0.2) is 0 Å². The number of ether oxygens (including phenoxy) is 1. The number of methoxy groups -OCH3 is 1. The molecule has 1 heterocycles. The molecule has 0 saturated carbocycles. The van der Waals surface area contributed by atoms with Crippen LogP contribution in [0.4, 0.5) is 5.69 Å². The van der Waals surface area contributed by atoms with Gasteiger partial charge in [0.2, 0.25) is 5.91 Å². The molecule has 0 radical (unpaired) electrons. The van der Waals surface area contributed by atoms with Crippen molar-refractivity contribution in [3.8, 4) is 0 Å². The zero-order valence-corrected chi connectivity index (χ0v) is 15.3. The van der Waals surface area contributed by atoms with Gasteiger partial charge in [0.05, 0.1) is 23.4 Å². The van der Waals surface area contributed by atoms with Crippen molar-refractivity contribution >= 4 is 29.2 Å². The van der Waals surface area contributed by atoms with E-state index in [1.807, 2.05) is 4.90 Å². The molecular weight excluding hydrogens is 328 g/mol. The normalized spacial score (nSPS) is 14.9. The van der Waals surface area contributed by atoms with Gasteiger partial charge in [-0.05, 0) is 31.0 Å². The fourth-order valence-electron chi connectivity index (χ4n) is 3.06. The average Bonchev–Trinajstić information content (AvgIpc) is 2.62. The van der Waals surface area contributed by atoms with Crippen LogP contribution in [0.5, 0.6) is 0 Å². The zero-order valence-electron chi connectivity index (χ0n) is 14.5. The minimum atomic E-state index is -0.379. The summed E-state index contributed by atoms with van der Waals surface area (Å²) in [7, 11) is 1.36. The maximum absolute atomic E-state index is 12.5. The van der Waals surface area contributed by atoms with E-state index in [-0.39, 0.29) is 17.8 Å². The number of carbonyl (C=O) groups is 2. The quantitative estimate of drug-likeness (QED) is 0.763. The first kappa shape index (κ1) is 18.6. The second kappa shape index (κ2) is 8.38. The van der Waals surface area contributed by atoms with Crippen molar-refractivity contribution < 1.29 is 14.3 Å². The van der Waals surface area contributed by atoms with Crippen molar-refractivity contribution in [2.45, 2.75) is 26.7 Å². The fraction of sp³-hybridized carbons (Fsp3) is 0.556. The maximum atomic E-state index is 12.5. The van der Waals surface area contributed by atoms with E-state index in [0.29, 0.717) is 36.8 Å². The Kier molecular flexibility index (Phi) is 6.49. The summed E-state index contributed by atoms with van der Waals surface area (Å²) in [5.74, 6) is -0.0210. The lowest BCUT2D eigenvalue weighted by atomic mass is 10.0. The first-order valence-electron chi connectivity index (χ1n) is 8.43. The van der Waals surface area contributed by atoms with Gasteiger partial charge in [0.1, 0.15) is 0 Å². The Morgan fingerprint density at radius 2 is 1.79 bits per heavy atom. The van der Waals surface area contributed by atoms with Gasteiger partial charge in [-0.25, -0.2) is 4.79 Å². The van der Waals surface area contributed by atoms with Gasteiger partial charge >= 0.3 is 5.97 Å². The molecule has 1 aromatic rings. The molecule has 0 atom stereocenters. The molecule has 1 saturated heterocycles. The van der Waals surface area contributed by atoms with Crippen molar-refractivity contribution in [3.05, 3.63) is 28.8 Å². The Balaban J connectivity index is 2.07. The lowest BCUT2D eigenvalue weighted by molar-refractivity contribution is -0.136. The first-order valence-corrected chi connectivity index (χ1v) is 8.81. The van der Waals surface area contributed by atoms with E-state index >= 15 is 0 Å². The molecule has 1 amide bonds. The molecule has 0 N–H and O–H groups in total. The Morgan fingerprint density at radius 3 is 2.33 bits per heavy atom. The Bertz CT molecular complexity index is 594. The number of anilines is 1. The van der Waals surface area contributed by atoms with E-state index in [2.05, 4.69) is 18.7 Å². The minimum absolute atomic E-state index is 0.114. The molecule has 0 aromatic heterocycles. The summed E-state index contributed by atoms with van der Waals surface area (Å²) in [6.45, 7) is 6.87. The fourth-order valence-corrected chi connectivity index (χ4v) is 3.30. The summed E-state index contributed by atoms with van der Waals surface area (Å²) in [5.41, 5.74) is 1.29. The lowest BCUT2D eigenvalue weighted by Gasteiger charge is -2.37. The van der Waals surface area contributed by atoms with E-state index in [1.165, 1.54) is 7.11 Å². The number of hydrogen-bond acceptors (Lipinski definition) is 4. The van der Waals surface area contributed by atoms with Gasteiger partial charge < -0.3 is 14.5 Å². The molecule has 132 valence electrons. The van der Waals surface area contributed by atoms with Crippen LogP contribution in [0.1, 0.15) is 37.0 Å². The predicted octanol–water partition coefficient (Wildman–Crippen LogP) is 3.21. The molecule has 6 heteroatoms. The van der Waals surface area contributed by atoms with Crippen LogP contribution in [0, 0.1) is 5.92 Å². The average molecular weight is 353 g/mol. The molecule has 1 fully saturated rings. The van der Waals surface area contributed by atoms with Crippen LogP contribution in [-0.4, -0.2) is 50.1 Å². The smallest absolute Gasteiger partial charge is 0.337 e. The summed E-state index contributed by atoms with van der Waals surface area (Å²) in [4.78, 5) is 28.2. The maximum Gasteiger partial charge on any atom is 0.337 e. The Labute approximate surface area is 148 Å². The third-order valence-corrected chi connectivity index (χ3v) is 4.95. The molecule has 0 spiro atoms. The largest absolute Gasteiger partial charge is 0.465 e. The van der Waals surface area contributed by atoms with Crippen molar-refractivity contribution in [3.63, 3.8) is 0 Å². The second-order valence-corrected chi connectivity index (χ2v) is 6.39. The molecule has 24 heavy (non-hydrogen) atoms. The first-order chi connectivity index (χ1) is 11.5. The third kappa shape index (κ3) is 4.01. The highest BCUT2D eigenvalue weighted by Gasteiger charge is 2.26. The zero-order chi connectivity index (χ0) is 17.7. The van der Waals surface area contributed by atoms with Crippen LogP contribution in [0.3, 0.4) is 0 Å². The molecule has 1 aromatic carbocycles. The topological polar surface area (TPSA) is 49.9 Å². The number of carbonyl (C=O) groups excluding carboxylic acids is 2. The third-order valence-electron chi connectivity index (χ3n) is 4.63. The van der Waals surface area contributed by atoms with E-state index in [4.69, 9.17) is 16.3 Å². The number of esters is 1. The SMILES string of the molecule is CCC(CC)C(=O)N1CCN(c2cc(C(=O)OC)ccc2Cl)CC1. The highest BCUT2D eigenvalue weighted by molar-refractivity contribution is 6.33. The molecule has 1 aliphatic heterocycles.